The second kappa shape index (κ2) is 12.6. The highest BCUT2D eigenvalue weighted by Crippen LogP contribution is 2.58. The highest BCUT2D eigenvalue weighted by atomic mass is 16.6. The van der Waals surface area contributed by atoms with Gasteiger partial charge in [0.05, 0.1) is 17.6 Å². The SMILES string of the molecule is O=C(OC1C(c2ccc(O)c(O)c2)Oc2cc(O)cc(O)c2C1c1c(O)cc(O)c2c1OC(c1ccc(O)c(O)c1)[C@@H](O)C2)c1cc(O)c(O)c(O)c1. The van der Waals surface area contributed by atoms with E-state index in [0.29, 0.717) is 0 Å². The lowest BCUT2D eigenvalue weighted by molar-refractivity contribution is -0.0285. The smallest absolute Gasteiger partial charge is 0.338 e. The fourth-order valence-electron chi connectivity index (χ4n) is 6.73. The Morgan fingerprint density at radius 2 is 1.17 bits per heavy atom. The van der Waals surface area contributed by atoms with Crippen LogP contribution < -0.4 is 9.47 Å². The third kappa shape index (κ3) is 5.85. The standard InChI is InChI=1S/C37H30O16/c38-16-9-23(44)29-28(10-16)51-34(14-2-4-19(40)22(43)6-14)36(53-37(50)15-7-25(46)32(49)26(47)8-15)31(29)30-24(45)12-20(41)17-11-27(48)33(52-35(17)30)13-1-3-18(39)21(42)5-13/h1-10,12,27,31,33-34,36,38-49H,11H2/t27-,31?,33?,34?,36?/m0/s1. The van der Waals surface area contributed by atoms with E-state index in [2.05, 4.69) is 0 Å². The van der Waals surface area contributed by atoms with E-state index in [-0.39, 0.29) is 45.7 Å². The fraction of sp³-hybridized carbons (Fsp3) is 0.162. The molecule has 0 saturated carbocycles. The van der Waals surface area contributed by atoms with Crippen molar-refractivity contribution in [3.63, 3.8) is 0 Å². The van der Waals surface area contributed by atoms with Crippen molar-refractivity contribution in [3.05, 3.63) is 100 Å². The molecule has 16 nitrogen and oxygen atoms in total. The van der Waals surface area contributed by atoms with Crippen LogP contribution in [-0.2, 0) is 11.2 Å². The van der Waals surface area contributed by atoms with Crippen molar-refractivity contribution in [2.45, 2.75) is 36.8 Å². The molecule has 5 aromatic carbocycles. The number of carbonyl (C=O) groups excluding carboxylic acids is 1. The molecule has 2 aliphatic heterocycles. The summed E-state index contributed by atoms with van der Waals surface area (Å²) in [4.78, 5) is 13.8. The zero-order valence-electron chi connectivity index (χ0n) is 26.9. The van der Waals surface area contributed by atoms with Gasteiger partial charge in [0.1, 0.15) is 40.6 Å². The Hall–Kier alpha value is -7.07. The van der Waals surface area contributed by atoms with Gasteiger partial charge in [0.25, 0.3) is 0 Å². The molecule has 53 heavy (non-hydrogen) atoms. The van der Waals surface area contributed by atoms with Crippen molar-refractivity contribution >= 4 is 5.97 Å². The molecule has 5 aromatic rings. The van der Waals surface area contributed by atoms with Gasteiger partial charge in [-0.1, -0.05) is 12.1 Å². The first-order chi connectivity index (χ1) is 25.1. The predicted molar refractivity (Wildman–Crippen MR) is 178 cm³/mol. The molecule has 0 bridgehead atoms. The molecule has 4 unspecified atom stereocenters. The fourth-order valence-corrected chi connectivity index (χ4v) is 6.73. The zero-order valence-corrected chi connectivity index (χ0v) is 26.9. The highest BCUT2D eigenvalue weighted by molar-refractivity contribution is 5.91. The van der Waals surface area contributed by atoms with Crippen LogP contribution in [0.4, 0.5) is 0 Å². The van der Waals surface area contributed by atoms with E-state index in [1.54, 1.807) is 0 Å². The van der Waals surface area contributed by atoms with Crippen LogP contribution in [0.15, 0.2) is 66.7 Å². The summed E-state index contributed by atoms with van der Waals surface area (Å²) in [7, 11) is 0. The number of phenols is 11. The molecule has 0 radical (unpaired) electrons. The summed E-state index contributed by atoms with van der Waals surface area (Å²) in [5.74, 6) is -10.4. The van der Waals surface area contributed by atoms with Crippen molar-refractivity contribution in [2.24, 2.45) is 0 Å². The van der Waals surface area contributed by atoms with E-state index in [1.807, 2.05) is 0 Å². The summed E-state index contributed by atoms with van der Waals surface area (Å²) in [6, 6.07) is 11.7. The number of esters is 1. The molecule has 0 spiro atoms. The molecule has 5 atom stereocenters. The lowest BCUT2D eigenvalue weighted by Gasteiger charge is -2.41. The third-order valence-electron chi connectivity index (χ3n) is 9.20. The van der Waals surface area contributed by atoms with E-state index < -0.39 is 105 Å². The van der Waals surface area contributed by atoms with Gasteiger partial charge in [-0.05, 0) is 42.0 Å². The monoisotopic (exact) mass is 730 g/mol. The summed E-state index contributed by atoms with van der Waals surface area (Å²) in [5, 5.41) is 126. The largest absolute Gasteiger partial charge is 0.508 e. The Kier molecular flexibility index (Phi) is 8.18. The van der Waals surface area contributed by atoms with Gasteiger partial charge in [-0.2, -0.15) is 0 Å². The summed E-state index contributed by atoms with van der Waals surface area (Å²) in [6.07, 6.45) is -6.19. The second-order valence-corrected chi connectivity index (χ2v) is 12.6. The molecular formula is C37H30O16. The van der Waals surface area contributed by atoms with Crippen LogP contribution in [0.2, 0.25) is 0 Å². The molecule has 16 heteroatoms. The maximum absolute atomic E-state index is 13.8. The highest BCUT2D eigenvalue weighted by Gasteiger charge is 2.49. The Labute approximate surface area is 297 Å². The lowest BCUT2D eigenvalue weighted by atomic mass is 9.77. The first-order valence-corrected chi connectivity index (χ1v) is 15.8. The molecule has 0 fully saturated rings. The molecule has 0 saturated heterocycles. The first kappa shape index (κ1) is 34.4. The number of aliphatic hydroxyl groups is 1. The summed E-state index contributed by atoms with van der Waals surface area (Å²) >= 11 is 0. The maximum Gasteiger partial charge on any atom is 0.338 e. The number of benzene rings is 5. The van der Waals surface area contributed by atoms with Gasteiger partial charge >= 0.3 is 5.97 Å². The Morgan fingerprint density at radius 3 is 1.77 bits per heavy atom. The second-order valence-electron chi connectivity index (χ2n) is 12.6. The number of ether oxygens (including phenoxy) is 3. The number of hydrogen-bond donors (Lipinski definition) is 12. The number of aliphatic hydroxyl groups excluding tert-OH is 1. The van der Waals surface area contributed by atoms with E-state index in [0.717, 1.165) is 54.6 Å². The van der Waals surface area contributed by atoms with Crippen molar-refractivity contribution < 1.29 is 80.3 Å². The average Bonchev–Trinajstić information content (AvgIpc) is 3.09. The minimum Gasteiger partial charge on any atom is -0.508 e. The minimum atomic E-state index is -1.72. The zero-order chi connectivity index (χ0) is 38.0. The number of rotatable bonds is 5. The van der Waals surface area contributed by atoms with E-state index in [4.69, 9.17) is 14.2 Å². The molecule has 0 aliphatic carbocycles. The molecular weight excluding hydrogens is 700 g/mol. The maximum atomic E-state index is 13.8. The molecule has 0 aromatic heterocycles. The van der Waals surface area contributed by atoms with Crippen LogP contribution in [0.25, 0.3) is 0 Å². The number of carbonyl (C=O) groups is 1. The number of hydrogen-bond acceptors (Lipinski definition) is 16. The number of phenolic OH excluding ortho intramolecular Hbond substituents is 11. The van der Waals surface area contributed by atoms with Gasteiger partial charge in [-0.25, -0.2) is 4.79 Å². The molecule has 0 amide bonds. The average molecular weight is 731 g/mol. The number of aromatic hydroxyl groups is 11. The molecule has 2 aliphatic rings. The Morgan fingerprint density at radius 1 is 0.585 bits per heavy atom. The van der Waals surface area contributed by atoms with Crippen molar-refractivity contribution in [2.75, 3.05) is 0 Å². The predicted octanol–water partition coefficient (Wildman–Crippen LogP) is 3.98. The quantitative estimate of drug-likeness (QED) is 0.0899. The summed E-state index contributed by atoms with van der Waals surface area (Å²) < 4.78 is 18.4. The van der Waals surface area contributed by atoms with Crippen LogP contribution in [0.5, 0.6) is 74.7 Å². The molecule has 274 valence electrons. The van der Waals surface area contributed by atoms with Crippen LogP contribution in [0.3, 0.4) is 0 Å². The van der Waals surface area contributed by atoms with Crippen LogP contribution in [-0.4, -0.2) is 79.5 Å². The minimum absolute atomic E-state index is 0.0341. The van der Waals surface area contributed by atoms with Gasteiger partial charge in [0.15, 0.2) is 52.5 Å². The Bertz CT molecular complexity index is 2280. The first-order valence-electron chi connectivity index (χ1n) is 15.8. The summed E-state index contributed by atoms with van der Waals surface area (Å²) in [6.45, 7) is 0. The van der Waals surface area contributed by atoms with Crippen molar-refractivity contribution in [1.29, 1.82) is 0 Å². The van der Waals surface area contributed by atoms with Gasteiger partial charge in [0, 0.05) is 46.9 Å². The van der Waals surface area contributed by atoms with Crippen molar-refractivity contribution in [3.8, 4) is 74.7 Å². The van der Waals surface area contributed by atoms with E-state index >= 15 is 0 Å². The third-order valence-corrected chi connectivity index (χ3v) is 9.20. The van der Waals surface area contributed by atoms with Gasteiger partial charge in [0.2, 0.25) is 0 Å². The van der Waals surface area contributed by atoms with Gasteiger partial charge < -0.3 is 75.5 Å². The normalized spacial score (nSPS) is 20.4. The van der Waals surface area contributed by atoms with Gasteiger partial charge in [-0.3, -0.25) is 0 Å². The van der Waals surface area contributed by atoms with Crippen molar-refractivity contribution in [1.82, 2.24) is 0 Å². The van der Waals surface area contributed by atoms with Crippen LogP contribution in [0, 0.1) is 0 Å². The summed E-state index contributed by atoms with van der Waals surface area (Å²) in [5.41, 5.74) is -0.728. The molecule has 12 N–H and O–H groups in total. The topological polar surface area (TPSA) is 288 Å². The van der Waals surface area contributed by atoms with Crippen LogP contribution in [0.1, 0.15) is 56.3 Å². The number of fused-ring (bicyclic) bond motifs is 2. The van der Waals surface area contributed by atoms with Crippen LogP contribution >= 0.6 is 0 Å². The van der Waals surface area contributed by atoms with E-state index in [9.17, 15) is 66.1 Å². The Balaban J connectivity index is 1.48. The molecule has 7 rings (SSSR count). The van der Waals surface area contributed by atoms with E-state index in [1.165, 1.54) is 12.1 Å². The molecule has 2 heterocycles. The van der Waals surface area contributed by atoms with Gasteiger partial charge in [-0.15, -0.1) is 0 Å². The lowest BCUT2D eigenvalue weighted by Crippen LogP contribution is -2.39.